The zero-order chi connectivity index (χ0) is 19.0. The minimum atomic E-state index is -1.01. The molecule has 0 aromatic heterocycles. The average molecular weight is 343 g/mol. The van der Waals surface area contributed by atoms with Gasteiger partial charge in [0.1, 0.15) is 18.4 Å². The predicted octanol–water partition coefficient (Wildman–Crippen LogP) is 2.74. The van der Waals surface area contributed by atoms with E-state index in [-0.39, 0.29) is 24.1 Å². The highest BCUT2D eigenvalue weighted by Gasteiger charge is 2.34. The van der Waals surface area contributed by atoms with Crippen molar-refractivity contribution in [2.45, 2.75) is 84.8 Å². The molecule has 0 heterocycles. The molecule has 0 saturated carbocycles. The van der Waals surface area contributed by atoms with E-state index in [2.05, 4.69) is 0 Å². The Morgan fingerprint density at radius 3 is 2.08 bits per heavy atom. The van der Waals surface area contributed by atoms with Crippen molar-refractivity contribution in [2.24, 2.45) is 5.73 Å². The van der Waals surface area contributed by atoms with E-state index in [1.54, 1.807) is 27.7 Å². The maximum Gasteiger partial charge on any atom is 0.330 e. The predicted molar refractivity (Wildman–Crippen MR) is 93.5 cm³/mol. The Bertz CT molecular complexity index is 439. The van der Waals surface area contributed by atoms with Gasteiger partial charge in [-0.05, 0) is 53.5 Å². The maximum absolute atomic E-state index is 12.3. The Morgan fingerprint density at radius 2 is 1.62 bits per heavy atom. The second-order valence-electron chi connectivity index (χ2n) is 6.75. The molecule has 0 aliphatic heterocycles. The maximum atomic E-state index is 12.3. The monoisotopic (exact) mass is 343 g/mol. The van der Waals surface area contributed by atoms with E-state index in [1.165, 1.54) is 6.08 Å². The van der Waals surface area contributed by atoms with Gasteiger partial charge in [-0.1, -0.05) is 13.8 Å². The van der Waals surface area contributed by atoms with Crippen LogP contribution >= 0.6 is 0 Å². The highest BCUT2D eigenvalue weighted by atomic mass is 16.6. The first-order valence-corrected chi connectivity index (χ1v) is 8.46. The van der Waals surface area contributed by atoms with Crippen LogP contribution in [0.5, 0.6) is 0 Å². The number of esters is 1. The lowest BCUT2D eigenvalue weighted by atomic mass is 9.95. The Balaban J connectivity index is 4.57. The minimum absolute atomic E-state index is 0.0720. The number of hydrogen-bond donors (Lipinski definition) is 1. The molecule has 0 radical (unpaired) electrons. The molecule has 0 saturated heterocycles. The van der Waals surface area contributed by atoms with Crippen molar-refractivity contribution in [3.8, 4) is 0 Å². The SMILES string of the molecule is CCC(C)(CC)OC(C)(C)C(=O)/C=C\C(=O)OCC(C)OC(C)N. The number of ether oxygens (including phenoxy) is 3. The minimum Gasteiger partial charge on any atom is -0.460 e. The van der Waals surface area contributed by atoms with Crippen molar-refractivity contribution in [1.82, 2.24) is 0 Å². The van der Waals surface area contributed by atoms with Gasteiger partial charge >= 0.3 is 5.97 Å². The van der Waals surface area contributed by atoms with Gasteiger partial charge in [0.25, 0.3) is 0 Å². The van der Waals surface area contributed by atoms with Crippen molar-refractivity contribution in [2.75, 3.05) is 6.61 Å². The molecular weight excluding hydrogens is 310 g/mol. The van der Waals surface area contributed by atoms with E-state index in [0.29, 0.717) is 0 Å². The molecule has 2 N–H and O–H groups in total. The van der Waals surface area contributed by atoms with Crippen molar-refractivity contribution >= 4 is 11.8 Å². The third-order valence-electron chi connectivity index (χ3n) is 3.87. The van der Waals surface area contributed by atoms with Gasteiger partial charge in [0, 0.05) is 6.08 Å². The summed E-state index contributed by atoms with van der Waals surface area (Å²) in [5.74, 6) is -0.888. The molecule has 0 bridgehead atoms. The lowest BCUT2D eigenvalue weighted by Crippen LogP contribution is -2.43. The quantitative estimate of drug-likeness (QED) is 0.352. The molecule has 0 rings (SSSR count). The first kappa shape index (κ1) is 22.8. The van der Waals surface area contributed by atoms with Gasteiger partial charge in [-0.3, -0.25) is 4.79 Å². The van der Waals surface area contributed by atoms with Crippen molar-refractivity contribution < 1.29 is 23.8 Å². The summed E-state index contributed by atoms with van der Waals surface area (Å²) in [4.78, 5) is 24.0. The van der Waals surface area contributed by atoms with E-state index in [0.717, 1.165) is 18.9 Å². The summed E-state index contributed by atoms with van der Waals surface area (Å²) in [5.41, 5.74) is 4.10. The molecule has 140 valence electrons. The molecule has 0 aliphatic carbocycles. The first-order chi connectivity index (χ1) is 11.0. The summed E-state index contributed by atoms with van der Waals surface area (Å²) in [6.45, 7) is 12.9. The van der Waals surface area contributed by atoms with Gasteiger partial charge in [0.05, 0.1) is 11.7 Å². The van der Waals surface area contributed by atoms with Crippen LogP contribution in [0.3, 0.4) is 0 Å². The van der Waals surface area contributed by atoms with Crippen LogP contribution in [0.4, 0.5) is 0 Å². The van der Waals surface area contributed by atoms with E-state index in [4.69, 9.17) is 19.9 Å². The molecule has 2 atom stereocenters. The lowest BCUT2D eigenvalue weighted by molar-refractivity contribution is -0.160. The van der Waals surface area contributed by atoms with Crippen LogP contribution < -0.4 is 5.73 Å². The molecule has 6 nitrogen and oxygen atoms in total. The highest BCUT2D eigenvalue weighted by molar-refractivity contribution is 6.00. The fraction of sp³-hybridized carbons (Fsp3) is 0.778. The van der Waals surface area contributed by atoms with Crippen LogP contribution in [0.2, 0.25) is 0 Å². The second-order valence-corrected chi connectivity index (χ2v) is 6.75. The van der Waals surface area contributed by atoms with Crippen LogP contribution in [-0.4, -0.2) is 41.9 Å². The number of carbonyl (C=O) groups excluding carboxylic acids is 2. The molecule has 0 amide bonds. The van der Waals surface area contributed by atoms with Gasteiger partial charge in [0.15, 0.2) is 5.78 Å². The number of ketones is 1. The molecule has 0 aromatic rings. The van der Waals surface area contributed by atoms with E-state index >= 15 is 0 Å². The van der Waals surface area contributed by atoms with Crippen molar-refractivity contribution in [3.05, 3.63) is 12.2 Å². The van der Waals surface area contributed by atoms with Gasteiger partial charge in [-0.25, -0.2) is 4.79 Å². The molecule has 6 heteroatoms. The third kappa shape index (κ3) is 8.57. The Morgan fingerprint density at radius 1 is 1.08 bits per heavy atom. The largest absolute Gasteiger partial charge is 0.460 e. The summed E-state index contributed by atoms with van der Waals surface area (Å²) >= 11 is 0. The smallest absolute Gasteiger partial charge is 0.330 e. The Hall–Kier alpha value is -1.24. The van der Waals surface area contributed by atoms with Crippen LogP contribution in [0.15, 0.2) is 12.2 Å². The summed E-state index contributed by atoms with van der Waals surface area (Å²) in [6.07, 6.45) is 3.16. The standard InChI is InChI=1S/C18H33NO5/c1-8-18(7,9-2)24-17(5,6)15(20)10-11-16(21)22-12-13(3)23-14(4)19/h10-11,13-14H,8-9,12,19H2,1-7H3/b11-10-. The van der Waals surface area contributed by atoms with Crippen molar-refractivity contribution in [3.63, 3.8) is 0 Å². The second kappa shape index (κ2) is 9.91. The fourth-order valence-corrected chi connectivity index (χ4v) is 2.06. The molecule has 0 aliphatic rings. The normalized spacial score (nSPS) is 15.3. The van der Waals surface area contributed by atoms with Crippen molar-refractivity contribution in [1.29, 1.82) is 0 Å². The first-order valence-electron chi connectivity index (χ1n) is 8.46. The van der Waals surface area contributed by atoms with Gasteiger partial charge in [-0.2, -0.15) is 0 Å². The topological polar surface area (TPSA) is 87.9 Å². The number of carbonyl (C=O) groups is 2. The number of rotatable bonds is 11. The molecule has 2 unspecified atom stereocenters. The van der Waals surface area contributed by atoms with Gasteiger partial charge in [0.2, 0.25) is 0 Å². The fourth-order valence-electron chi connectivity index (χ4n) is 2.06. The zero-order valence-electron chi connectivity index (χ0n) is 16.0. The van der Waals surface area contributed by atoms with E-state index in [9.17, 15) is 9.59 Å². The van der Waals surface area contributed by atoms with Crippen LogP contribution in [-0.2, 0) is 23.8 Å². The Labute approximate surface area is 145 Å². The number of nitrogens with two attached hydrogens (primary N) is 1. The number of hydrogen-bond acceptors (Lipinski definition) is 6. The van der Waals surface area contributed by atoms with Gasteiger partial charge in [-0.15, -0.1) is 0 Å². The molecular formula is C18H33NO5. The molecule has 0 spiro atoms. The molecule has 0 aromatic carbocycles. The summed E-state index contributed by atoms with van der Waals surface area (Å²) in [6, 6.07) is 0. The van der Waals surface area contributed by atoms with Gasteiger partial charge < -0.3 is 19.9 Å². The molecule has 24 heavy (non-hydrogen) atoms. The summed E-state index contributed by atoms with van der Waals surface area (Å²) in [7, 11) is 0. The van der Waals surface area contributed by atoms with E-state index < -0.39 is 17.8 Å². The van der Waals surface area contributed by atoms with Crippen LogP contribution in [0, 0.1) is 0 Å². The van der Waals surface area contributed by atoms with Crippen LogP contribution in [0.25, 0.3) is 0 Å². The molecule has 0 fully saturated rings. The summed E-state index contributed by atoms with van der Waals surface area (Å²) in [5, 5.41) is 0. The average Bonchev–Trinajstić information content (AvgIpc) is 2.49. The van der Waals surface area contributed by atoms with Crippen LogP contribution in [0.1, 0.15) is 61.3 Å². The third-order valence-corrected chi connectivity index (χ3v) is 3.87. The highest BCUT2D eigenvalue weighted by Crippen LogP contribution is 2.27. The summed E-state index contributed by atoms with van der Waals surface area (Å²) < 4.78 is 16.2. The zero-order valence-corrected chi connectivity index (χ0v) is 16.0. The lowest BCUT2D eigenvalue weighted by Gasteiger charge is -2.36. The van der Waals surface area contributed by atoms with E-state index in [1.807, 2.05) is 20.8 Å². The Kier molecular flexibility index (Phi) is 9.40.